The first-order valence-electron chi connectivity index (χ1n) is 7.56. The highest BCUT2D eigenvalue weighted by Gasteiger charge is 2.13. The van der Waals surface area contributed by atoms with Gasteiger partial charge in [0.2, 0.25) is 0 Å². The second-order valence-electron chi connectivity index (χ2n) is 5.20. The molecule has 0 spiro atoms. The van der Waals surface area contributed by atoms with Gasteiger partial charge in [-0.25, -0.2) is 5.43 Å². The highest BCUT2D eigenvalue weighted by Crippen LogP contribution is 2.28. The van der Waals surface area contributed by atoms with E-state index in [0.29, 0.717) is 27.1 Å². The molecule has 0 saturated carbocycles. The van der Waals surface area contributed by atoms with Crippen molar-refractivity contribution in [2.75, 3.05) is 7.11 Å². The lowest BCUT2D eigenvalue weighted by Crippen LogP contribution is -2.18. The number of hydrogen-bond acceptors (Lipinski definition) is 4. The standard InChI is InChI=1S/C18H14Cl2N4O2/c1-26-17-8-3-2-5-11(17)15-9-16(23-22-15)18(25)24-21-10-12-13(19)6-4-7-14(12)20/h2-10H,1H3,(H,22,23)(H,24,25)/b21-10-. The van der Waals surface area contributed by atoms with Crippen molar-refractivity contribution in [1.82, 2.24) is 15.6 Å². The molecule has 0 unspecified atom stereocenters. The Kier molecular flexibility index (Phi) is 5.55. The average molecular weight is 389 g/mol. The summed E-state index contributed by atoms with van der Waals surface area (Å²) in [7, 11) is 1.58. The smallest absolute Gasteiger partial charge is 0.289 e. The van der Waals surface area contributed by atoms with Gasteiger partial charge in [-0.15, -0.1) is 0 Å². The van der Waals surface area contributed by atoms with Gasteiger partial charge in [-0.1, -0.05) is 41.4 Å². The van der Waals surface area contributed by atoms with E-state index in [1.54, 1.807) is 31.4 Å². The molecular formula is C18H14Cl2N4O2. The predicted octanol–water partition coefficient (Wildman–Crippen LogP) is 4.16. The average Bonchev–Trinajstić information content (AvgIpc) is 3.14. The molecule has 1 heterocycles. The van der Waals surface area contributed by atoms with Gasteiger partial charge in [0.15, 0.2) is 0 Å². The number of amides is 1. The zero-order valence-corrected chi connectivity index (χ0v) is 15.2. The lowest BCUT2D eigenvalue weighted by molar-refractivity contribution is 0.0950. The summed E-state index contributed by atoms with van der Waals surface area (Å²) in [6.45, 7) is 0. The van der Waals surface area contributed by atoms with E-state index in [0.717, 1.165) is 5.56 Å². The van der Waals surface area contributed by atoms with Crippen LogP contribution in [-0.4, -0.2) is 29.4 Å². The molecular weight excluding hydrogens is 375 g/mol. The summed E-state index contributed by atoms with van der Waals surface area (Å²) in [4.78, 5) is 12.2. The van der Waals surface area contributed by atoms with E-state index in [-0.39, 0.29) is 5.69 Å². The number of aromatic amines is 1. The lowest BCUT2D eigenvalue weighted by atomic mass is 10.1. The number of nitrogens with one attached hydrogen (secondary N) is 2. The first-order chi connectivity index (χ1) is 12.6. The van der Waals surface area contributed by atoms with E-state index in [2.05, 4.69) is 20.7 Å². The summed E-state index contributed by atoms with van der Waals surface area (Å²) in [5, 5.41) is 11.6. The van der Waals surface area contributed by atoms with Gasteiger partial charge >= 0.3 is 0 Å². The monoisotopic (exact) mass is 388 g/mol. The minimum absolute atomic E-state index is 0.258. The van der Waals surface area contributed by atoms with Gasteiger partial charge < -0.3 is 4.74 Å². The van der Waals surface area contributed by atoms with Crippen LogP contribution in [0.5, 0.6) is 5.75 Å². The van der Waals surface area contributed by atoms with Gasteiger partial charge in [0.25, 0.3) is 5.91 Å². The van der Waals surface area contributed by atoms with E-state index in [1.807, 2.05) is 24.3 Å². The van der Waals surface area contributed by atoms with Crippen LogP contribution in [0.25, 0.3) is 11.3 Å². The number of carbonyl (C=O) groups is 1. The Bertz CT molecular complexity index is 949. The van der Waals surface area contributed by atoms with Crippen LogP contribution in [-0.2, 0) is 0 Å². The maximum absolute atomic E-state index is 12.2. The Balaban J connectivity index is 1.74. The van der Waals surface area contributed by atoms with Crippen LogP contribution in [0, 0.1) is 0 Å². The quantitative estimate of drug-likeness (QED) is 0.508. The number of H-pyrrole nitrogens is 1. The maximum Gasteiger partial charge on any atom is 0.289 e. The molecule has 6 nitrogen and oxygen atoms in total. The Morgan fingerprint density at radius 1 is 1.19 bits per heavy atom. The highest BCUT2D eigenvalue weighted by molar-refractivity contribution is 6.38. The van der Waals surface area contributed by atoms with Crippen LogP contribution in [0.3, 0.4) is 0 Å². The molecule has 3 rings (SSSR count). The fourth-order valence-electron chi connectivity index (χ4n) is 2.28. The number of nitrogens with zero attached hydrogens (tertiary/aromatic N) is 2. The SMILES string of the molecule is COc1ccccc1-c1cc(C(=O)N/N=C\c2c(Cl)cccc2Cl)[nH]n1. The van der Waals surface area contributed by atoms with Gasteiger partial charge in [0.1, 0.15) is 11.4 Å². The minimum atomic E-state index is -0.446. The highest BCUT2D eigenvalue weighted by atomic mass is 35.5. The van der Waals surface area contributed by atoms with Crippen LogP contribution in [0.4, 0.5) is 0 Å². The first-order valence-corrected chi connectivity index (χ1v) is 8.32. The topological polar surface area (TPSA) is 79.4 Å². The molecule has 26 heavy (non-hydrogen) atoms. The van der Waals surface area contributed by atoms with Crippen molar-refractivity contribution < 1.29 is 9.53 Å². The van der Waals surface area contributed by atoms with Crippen molar-refractivity contribution in [3.63, 3.8) is 0 Å². The fraction of sp³-hybridized carbons (Fsp3) is 0.0556. The molecule has 8 heteroatoms. The number of benzene rings is 2. The van der Waals surface area contributed by atoms with Crippen LogP contribution >= 0.6 is 23.2 Å². The second kappa shape index (κ2) is 8.03. The Hall–Kier alpha value is -2.83. The first kappa shape index (κ1) is 18.0. The van der Waals surface area contributed by atoms with Crippen molar-refractivity contribution >= 4 is 35.3 Å². The number of hydrazone groups is 1. The van der Waals surface area contributed by atoms with Gasteiger partial charge in [0.05, 0.1) is 29.1 Å². The van der Waals surface area contributed by atoms with Crippen LogP contribution in [0.2, 0.25) is 10.0 Å². The van der Waals surface area contributed by atoms with Crippen molar-refractivity contribution in [3.8, 4) is 17.0 Å². The van der Waals surface area contributed by atoms with Crippen LogP contribution in [0.1, 0.15) is 16.1 Å². The molecule has 1 aromatic heterocycles. The Morgan fingerprint density at radius 2 is 1.92 bits per heavy atom. The van der Waals surface area contributed by atoms with Crippen LogP contribution < -0.4 is 10.2 Å². The summed E-state index contributed by atoms with van der Waals surface area (Å²) in [5.41, 5.74) is 4.55. The van der Waals surface area contributed by atoms with Crippen molar-refractivity contribution in [2.24, 2.45) is 5.10 Å². The zero-order valence-electron chi connectivity index (χ0n) is 13.7. The molecule has 132 valence electrons. The maximum atomic E-state index is 12.2. The number of carbonyl (C=O) groups excluding carboxylic acids is 1. The molecule has 0 bridgehead atoms. The third-order valence-corrected chi connectivity index (χ3v) is 4.22. The van der Waals surface area contributed by atoms with E-state index in [1.165, 1.54) is 6.21 Å². The summed E-state index contributed by atoms with van der Waals surface area (Å²) >= 11 is 12.1. The summed E-state index contributed by atoms with van der Waals surface area (Å²) in [6.07, 6.45) is 1.39. The van der Waals surface area contributed by atoms with E-state index >= 15 is 0 Å². The van der Waals surface area contributed by atoms with Crippen molar-refractivity contribution in [3.05, 3.63) is 69.8 Å². The predicted molar refractivity (Wildman–Crippen MR) is 102 cm³/mol. The number of para-hydroxylation sites is 1. The summed E-state index contributed by atoms with van der Waals surface area (Å²) < 4.78 is 5.30. The largest absolute Gasteiger partial charge is 0.496 e. The number of halogens is 2. The number of aromatic nitrogens is 2. The number of hydrogen-bond donors (Lipinski definition) is 2. The molecule has 0 aliphatic carbocycles. The van der Waals surface area contributed by atoms with Gasteiger partial charge in [-0.2, -0.15) is 10.2 Å². The molecule has 0 saturated heterocycles. The molecule has 0 atom stereocenters. The number of ether oxygens (including phenoxy) is 1. The molecule has 0 radical (unpaired) electrons. The van der Waals surface area contributed by atoms with Crippen molar-refractivity contribution in [2.45, 2.75) is 0 Å². The molecule has 0 aliphatic rings. The van der Waals surface area contributed by atoms with Crippen LogP contribution in [0.15, 0.2) is 53.6 Å². The number of methoxy groups -OCH3 is 1. The molecule has 0 fully saturated rings. The third kappa shape index (κ3) is 3.87. The summed E-state index contributed by atoms with van der Waals surface area (Å²) in [5.74, 6) is 0.218. The Labute approximate surface area is 159 Å². The van der Waals surface area contributed by atoms with Gasteiger partial charge in [-0.3, -0.25) is 9.89 Å². The van der Waals surface area contributed by atoms with E-state index in [4.69, 9.17) is 27.9 Å². The lowest BCUT2D eigenvalue weighted by Gasteiger charge is -2.04. The third-order valence-electron chi connectivity index (χ3n) is 3.56. The van der Waals surface area contributed by atoms with Gasteiger partial charge in [0, 0.05) is 11.1 Å². The molecule has 0 aliphatic heterocycles. The molecule has 1 amide bonds. The number of rotatable bonds is 5. The van der Waals surface area contributed by atoms with Crippen molar-refractivity contribution in [1.29, 1.82) is 0 Å². The molecule has 2 N–H and O–H groups in total. The second-order valence-corrected chi connectivity index (χ2v) is 6.02. The zero-order chi connectivity index (χ0) is 18.5. The molecule has 2 aromatic carbocycles. The van der Waals surface area contributed by atoms with E-state index in [9.17, 15) is 4.79 Å². The minimum Gasteiger partial charge on any atom is -0.496 e. The Morgan fingerprint density at radius 3 is 2.65 bits per heavy atom. The normalized spacial score (nSPS) is 10.9. The fourth-order valence-corrected chi connectivity index (χ4v) is 2.78. The summed E-state index contributed by atoms with van der Waals surface area (Å²) in [6, 6.07) is 14.1. The van der Waals surface area contributed by atoms with E-state index < -0.39 is 5.91 Å². The van der Waals surface area contributed by atoms with Gasteiger partial charge in [-0.05, 0) is 30.3 Å². The molecule has 3 aromatic rings.